The molecular formula is C36H56N7O19P3S. The number of aliphatic hydroxyl groups excluding tert-OH is 2. The Balaban J connectivity index is 1.34. The van der Waals surface area contributed by atoms with Crippen molar-refractivity contribution in [2.24, 2.45) is 5.41 Å². The summed E-state index contributed by atoms with van der Waals surface area (Å²) in [5, 5.41) is 35.1. The van der Waals surface area contributed by atoms with Crippen LogP contribution in [0.4, 0.5) is 5.82 Å². The van der Waals surface area contributed by atoms with Crippen molar-refractivity contribution in [3.63, 3.8) is 0 Å². The zero-order chi connectivity index (χ0) is 49.1. The molecule has 3 heterocycles. The van der Waals surface area contributed by atoms with Crippen molar-refractivity contribution >= 4 is 75.1 Å². The van der Waals surface area contributed by atoms with Gasteiger partial charge in [-0.05, 0) is 32.1 Å². The minimum atomic E-state index is -5.59. The molecule has 0 aliphatic carbocycles. The number of thioether (sulfide) groups is 1. The molecule has 1 aliphatic rings. The predicted octanol–water partition coefficient (Wildman–Crippen LogP) is 2.15. The first-order chi connectivity index (χ1) is 30.9. The van der Waals surface area contributed by atoms with Crippen LogP contribution in [0.3, 0.4) is 0 Å². The number of phosphoric acid groups is 3. The molecule has 1 saturated heterocycles. The fraction of sp³-hybridized carbons (Fsp3) is 0.583. The third kappa shape index (κ3) is 20.2. The lowest BCUT2D eigenvalue weighted by molar-refractivity contribution is -0.137. The standard InChI is InChI=1S/C36H56N7O19P3S/c1-36(2,31(49)34(50)39-17-16-25(44)38-18-19-66-27(47)15-13-11-9-7-5-3-4-6-8-10-12-14-26(45)46)21-59-65(56,57)62-64(54,55)58-20-24-30(61-63(51,52)53)29(48)35(60-24)43-23-42-28-32(37)40-22-41-33(28)43/h3-7,9,22-24,29-31,35,48-49H,8,10-21H2,1-2H3,(H,38,44)(H,39,50)(H,45,46)(H,54,55)(H,56,57)(H2,37,40,41)(H2,51,52,53)/b5-3+,6-4+,9-7+. The number of carbonyl (C=O) groups excluding carboxylic acids is 3. The number of phosphoric ester groups is 3. The zero-order valence-electron chi connectivity index (χ0n) is 35.8. The van der Waals surface area contributed by atoms with E-state index in [0.717, 1.165) is 41.8 Å². The molecule has 0 bridgehead atoms. The SMILES string of the molecule is CC(C)(COP(=O)(O)OP(=O)(O)OCC1OC(n2cnc3c(N)ncnc32)C(O)C1OP(=O)(O)O)C(O)C(=O)NCCC(=O)NCCSC(=O)CCC/C=C/C=C/C=C/CCCCC(=O)O. The molecule has 1 fully saturated rings. The Labute approximate surface area is 382 Å². The van der Waals surface area contributed by atoms with Crippen LogP contribution in [-0.2, 0) is 55.5 Å². The van der Waals surface area contributed by atoms with Gasteiger partial charge in [-0.15, -0.1) is 0 Å². The molecule has 26 nitrogen and oxygen atoms in total. The number of carboxylic acids is 1. The number of aliphatic hydroxyl groups is 2. The summed E-state index contributed by atoms with van der Waals surface area (Å²) in [4.78, 5) is 98.6. The molecule has 2 aromatic rings. The van der Waals surface area contributed by atoms with Crippen LogP contribution >= 0.6 is 35.2 Å². The van der Waals surface area contributed by atoms with E-state index in [0.29, 0.717) is 31.4 Å². The second-order valence-electron chi connectivity index (χ2n) is 15.1. The number of carbonyl (C=O) groups is 4. The Morgan fingerprint density at radius 1 is 0.924 bits per heavy atom. The van der Waals surface area contributed by atoms with Crippen molar-refractivity contribution < 1.29 is 90.4 Å². The van der Waals surface area contributed by atoms with E-state index in [1.54, 1.807) is 0 Å². The topological polar surface area (TPSA) is 401 Å². The molecule has 0 spiro atoms. The summed E-state index contributed by atoms with van der Waals surface area (Å²) in [6.07, 6.45) is 8.55. The molecule has 0 aromatic carbocycles. The monoisotopic (exact) mass is 1020 g/mol. The Morgan fingerprint density at radius 3 is 2.26 bits per heavy atom. The molecule has 370 valence electrons. The normalized spacial score (nSPS) is 20.5. The number of ether oxygens (including phenoxy) is 1. The maximum absolute atomic E-state index is 12.7. The van der Waals surface area contributed by atoms with E-state index >= 15 is 0 Å². The first-order valence-electron chi connectivity index (χ1n) is 20.2. The minimum absolute atomic E-state index is 0.0243. The number of anilines is 1. The molecule has 30 heteroatoms. The van der Waals surface area contributed by atoms with Gasteiger partial charge in [0.2, 0.25) is 11.8 Å². The molecule has 66 heavy (non-hydrogen) atoms. The smallest absolute Gasteiger partial charge is 0.481 e. The Bertz CT molecular complexity index is 2190. The number of imidazole rings is 1. The lowest BCUT2D eigenvalue weighted by Crippen LogP contribution is -2.46. The van der Waals surface area contributed by atoms with Crippen molar-refractivity contribution in [2.75, 3.05) is 37.8 Å². The maximum atomic E-state index is 12.7. The van der Waals surface area contributed by atoms with E-state index in [1.165, 1.54) is 13.8 Å². The van der Waals surface area contributed by atoms with Crippen molar-refractivity contribution in [2.45, 2.75) is 95.9 Å². The van der Waals surface area contributed by atoms with Gasteiger partial charge in [0.15, 0.2) is 22.8 Å². The molecule has 0 saturated carbocycles. The van der Waals surface area contributed by atoms with Gasteiger partial charge in [-0.1, -0.05) is 62.1 Å². The first kappa shape index (κ1) is 56.6. The van der Waals surface area contributed by atoms with Crippen molar-refractivity contribution in [3.05, 3.63) is 49.1 Å². The number of hydrogen-bond donors (Lipinski definition) is 10. The van der Waals surface area contributed by atoms with E-state index in [-0.39, 0.29) is 48.0 Å². The number of carboxylic acid groups (broad SMARTS) is 1. The summed E-state index contributed by atoms with van der Waals surface area (Å²) >= 11 is 1.07. The first-order valence-corrected chi connectivity index (χ1v) is 25.7. The molecule has 0 radical (unpaired) electrons. The van der Waals surface area contributed by atoms with Crippen LogP contribution in [0.25, 0.3) is 11.2 Å². The van der Waals surface area contributed by atoms with Crippen molar-refractivity contribution in [1.29, 1.82) is 0 Å². The summed E-state index contributed by atoms with van der Waals surface area (Å²) in [6, 6.07) is 0. The number of hydrogen-bond acceptors (Lipinski definition) is 19. The lowest BCUT2D eigenvalue weighted by Gasteiger charge is -2.30. The number of nitrogens with two attached hydrogens (primary N) is 1. The fourth-order valence-corrected chi connectivity index (χ4v) is 9.30. The summed E-state index contributed by atoms with van der Waals surface area (Å²) < 4.78 is 62.3. The number of amides is 2. The molecular weight excluding hydrogens is 959 g/mol. The average Bonchev–Trinajstić information content (AvgIpc) is 3.79. The lowest BCUT2D eigenvalue weighted by atomic mass is 9.87. The van der Waals surface area contributed by atoms with Crippen LogP contribution in [0.15, 0.2) is 49.1 Å². The molecule has 7 atom stereocenters. The number of unbranched alkanes of at least 4 members (excludes halogenated alkanes) is 3. The van der Waals surface area contributed by atoms with Gasteiger partial charge in [-0.25, -0.2) is 28.6 Å². The second-order valence-corrected chi connectivity index (χ2v) is 20.5. The third-order valence-electron chi connectivity index (χ3n) is 9.13. The minimum Gasteiger partial charge on any atom is -0.481 e. The van der Waals surface area contributed by atoms with Crippen LogP contribution in [0.1, 0.15) is 71.4 Å². The molecule has 3 rings (SSSR count). The van der Waals surface area contributed by atoms with Gasteiger partial charge >= 0.3 is 29.4 Å². The van der Waals surface area contributed by atoms with E-state index in [4.69, 9.17) is 24.6 Å². The molecule has 2 amide bonds. The predicted molar refractivity (Wildman–Crippen MR) is 234 cm³/mol. The number of allylic oxidation sites excluding steroid dienone is 6. The number of nitrogen functional groups attached to an aromatic ring is 1. The van der Waals surface area contributed by atoms with Gasteiger partial charge in [0.1, 0.15) is 36.3 Å². The number of aliphatic carboxylic acids is 1. The van der Waals surface area contributed by atoms with E-state index in [9.17, 15) is 62.7 Å². The van der Waals surface area contributed by atoms with Gasteiger partial charge in [0.05, 0.1) is 19.5 Å². The van der Waals surface area contributed by atoms with E-state index in [2.05, 4.69) is 34.4 Å². The van der Waals surface area contributed by atoms with Crippen LogP contribution in [0, 0.1) is 5.41 Å². The Morgan fingerprint density at radius 2 is 1.59 bits per heavy atom. The Kier molecular flexibility index (Phi) is 22.9. The summed E-state index contributed by atoms with van der Waals surface area (Å²) in [5.41, 5.74) is 4.24. The number of nitrogens with one attached hydrogen (secondary N) is 2. The average molecular weight is 1020 g/mol. The van der Waals surface area contributed by atoms with Crippen LogP contribution < -0.4 is 16.4 Å². The number of rotatable bonds is 30. The highest BCUT2D eigenvalue weighted by Gasteiger charge is 2.50. The number of aromatic nitrogens is 4. The fourth-order valence-electron chi connectivity index (χ4n) is 5.75. The highest BCUT2D eigenvalue weighted by atomic mass is 32.2. The summed E-state index contributed by atoms with van der Waals surface area (Å²) in [6.45, 7) is 0.420. The summed E-state index contributed by atoms with van der Waals surface area (Å²) in [5.74, 6) is -1.96. The third-order valence-corrected chi connectivity index (χ3v) is 13.2. The highest BCUT2D eigenvalue weighted by molar-refractivity contribution is 8.13. The quantitative estimate of drug-likeness (QED) is 0.0304. The second kappa shape index (κ2) is 26.7. The largest absolute Gasteiger partial charge is 0.481 e. The van der Waals surface area contributed by atoms with Crippen LogP contribution in [0.2, 0.25) is 0 Å². The molecule has 7 unspecified atom stereocenters. The highest BCUT2D eigenvalue weighted by Crippen LogP contribution is 2.61. The summed E-state index contributed by atoms with van der Waals surface area (Å²) in [7, 11) is -16.4. The Hall–Kier alpha value is -3.75. The number of nitrogens with zero attached hydrogens (tertiary/aromatic N) is 4. The van der Waals surface area contributed by atoms with Crippen molar-refractivity contribution in [3.8, 4) is 0 Å². The van der Waals surface area contributed by atoms with Crippen LogP contribution in [0.5, 0.6) is 0 Å². The molecule has 1 aliphatic heterocycles. The van der Waals surface area contributed by atoms with Gasteiger partial charge in [0, 0.05) is 43.5 Å². The van der Waals surface area contributed by atoms with Gasteiger partial charge in [-0.3, -0.25) is 37.3 Å². The van der Waals surface area contributed by atoms with E-state index in [1.807, 2.05) is 36.5 Å². The van der Waals surface area contributed by atoms with Gasteiger partial charge < -0.3 is 56.0 Å². The van der Waals surface area contributed by atoms with E-state index < -0.39 is 90.5 Å². The number of fused-ring (bicyclic) bond motifs is 1. The van der Waals surface area contributed by atoms with Gasteiger partial charge in [-0.2, -0.15) is 4.31 Å². The van der Waals surface area contributed by atoms with Crippen molar-refractivity contribution in [1.82, 2.24) is 30.2 Å². The molecule has 2 aromatic heterocycles. The van der Waals surface area contributed by atoms with Gasteiger partial charge in [0.25, 0.3) is 0 Å². The zero-order valence-corrected chi connectivity index (χ0v) is 39.3. The molecule has 11 N–H and O–H groups in total. The maximum Gasteiger partial charge on any atom is 0.481 e. The van der Waals surface area contributed by atoms with Crippen LogP contribution in [-0.4, -0.2) is 134 Å².